The monoisotopic (exact) mass is 378 g/mol. The lowest BCUT2D eigenvalue weighted by molar-refractivity contribution is 0.177. The maximum Gasteiger partial charge on any atom is 0.243 e. The van der Waals surface area contributed by atoms with E-state index >= 15 is 0 Å². The summed E-state index contributed by atoms with van der Waals surface area (Å²) in [5, 5.41) is 0. The minimum absolute atomic E-state index is 0.236. The van der Waals surface area contributed by atoms with Gasteiger partial charge in [-0.15, -0.1) is 0 Å². The molecule has 7 heteroatoms. The molecule has 142 valence electrons. The molecule has 0 radical (unpaired) electrons. The highest BCUT2D eigenvalue weighted by atomic mass is 32.2. The summed E-state index contributed by atoms with van der Waals surface area (Å²) in [5.41, 5.74) is 0.872. The van der Waals surface area contributed by atoms with Gasteiger partial charge in [0, 0.05) is 32.6 Å². The van der Waals surface area contributed by atoms with Crippen LogP contribution in [0.2, 0.25) is 0 Å². The van der Waals surface area contributed by atoms with Gasteiger partial charge in [-0.1, -0.05) is 13.8 Å². The average Bonchev–Trinajstić information content (AvgIpc) is 2.64. The van der Waals surface area contributed by atoms with Crippen molar-refractivity contribution in [1.82, 2.24) is 9.29 Å². The first kappa shape index (κ1) is 20.4. The second-order valence-electron chi connectivity index (χ2n) is 6.36. The third-order valence-electron chi connectivity index (χ3n) is 3.70. The van der Waals surface area contributed by atoms with Crippen LogP contribution in [0.1, 0.15) is 19.4 Å². The quantitative estimate of drug-likeness (QED) is 0.636. The van der Waals surface area contributed by atoms with Crippen molar-refractivity contribution in [2.45, 2.75) is 25.3 Å². The number of hydrogen-bond acceptors (Lipinski definition) is 5. The van der Waals surface area contributed by atoms with Crippen LogP contribution in [0.5, 0.6) is 5.75 Å². The van der Waals surface area contributed by atoms with Crippen LogP contribution < -0.4 is 4.74 Å². The number of ether oxygens (including phenoxy) is 2. The molecule has 0 spiro atoms. The predicted octanol–water partition coefficient (Wildman–Crippen LogP) is 2.95. The van der Waals surface area contributed by atoms with Crippen LogP contribution in [-0.2, 0) is 21.3 Å². The number of rotatable bonds is 10. The van der Waals surface area contributed by atoms with E-state index in [1.165, 1.54) is 4.31 Å². The van der Waals surface area contributed by atoms with Crippen LogP contribution in [0.4, 0.5) is 0 Å². The Balaban J connectivity index is 2.19. The number of aromatic nitrogens is 1. The normalized spacial score (nSPS) is 11.9. The molecule has 6 nitrogen and oxygen atoms in total. The fourth-order valence-electron chi connectivity index (χ4n) is 2.29. The van der Waals surface area contributed by atoms with E-state index in [-0.39, 0.29) is 18.0 Å². The van der Waals surface area contributed by atoms with Gasteiger partial charge in [-0.3, -0.25) is 4.98 Å². The molecule has 0 aliphatic carbocycles. The lowest BCUT2D eigenvalue weighted by atomic mass is 10.2. The van der Waals surface area contributed by atoms with Crippen molar-refractivity contribution in [2.24, 2.45) is 5.92 Å². The van der Waals surface area contributed by atoms with E-state index in [0.29, 0.717) is 24.9 Å². The van der Waals surface area contributed by atoms with Crippen molar-refractivity contribution in [3.05, 3.63) is 54.4 Å². The lowest BCUT2D eigenvalue weighted by Gasteiger charge is -2.22. The standard InChI is InChI=1S/C19H26N2O4S/c1-16(2)15-25-18-4-6-19(7-5-18)26(22,23)21(12-13-24-3)14-17-8-10-20-11-9-17/h4-11,16H,12-15H2,1-3H3. The minimum Gasteiger partial charge on any atom is -0.493 e. The zero-order valence-electron chi connectivity index (χ0n) is 15.5. The van der Waals surface area contributed by atoms with Gasteiger partial charge in [0.25, 0.3) is 0 Å². The molecule has 1 aromatic heterocycles. The summed E-state index contributed by atoms with van der Waals surface area (Å²) in [7, 11) is -2.09. The Morgan fingerprint density at radius 1 is 1.08 bits per heavy atom. The van der Waals surface area contributed by atoms with Gasteiger partial charge in [-0.05, 0) is 47.9 Å². The SMILES string of the molecule is COCCN(Cc1ccncc1)S(=O)(=O)c1ccc(OCC(C)C)cc1. The van der Waals surface area contributed by atoms with Gasteiger partial charge in [0.2, 0.25) is 10.0 Å². The molecular formula is C19H26N2O4S. The number of nitrogens with zero attached hydrogens (tertiary/aromatic N) is 2. The molecule has 0 bridgehead atoms. The zero-order chi connectivity index (χ0) is 19.0. The van der Waals surface area contributed by atoms with Gasteiger partial charge in [-0.25, -0.2) is 8.42 Å². The Morgan fingerprint density at radius 2 is 1.73 bits per heavy atom. The average molecular weight is 378 g/mol. The Bertz CT molecular complexity index is 762. The van der Waals surface area contributed by atoms with E-state index in [2.05, 4.69) is 18.8 Å². The third-order valence-corrected chi connectivity index (χ3v) is 5.56. The van der Waals surface area contributed by atoms with Crippen LogP contribution in [0.15, 0.2) is 53.7 Å². The summed E-state index contributed by atoms with van der Waals surface area (Å²) in [6, 6.07) is 10.2. The van der Waals surface area contributed by atoms with E-state index < -0.39 is 10.0 Å². The van der Waals surface area contributed by atoms with Crippen LogP contribution in [0.3, 0.4) is 0 Å². The molecule has 1 heterocycles. The molecule has 0 amide bonds. The topological polar surface area (TPSA) is 68.7 Å². The highest BCUT2D eigenvalue weighted by Crippen LogP contribution is 2.21. The highest BCUT2D eigenvalue weighted by molar-refractivity contribution is 7.89. The van der Waals surface area contributed by atoms with Crippen molar-refractivity contribution in [2.75, 3.05) is 26.9 Å². The first-order chi connectivity index (χ1) is 12.4. The Hall–Kier alpha value is -1.96. The smallest absolute Gasteiger partial charge is 0.243 e. The third kappa shape index (κ3) is 5.79. The first-order valence-electron chi connectivity index (χ1n) is 8.54. The zero-order valence-corrected chi connectivity index (χ0v) is 16.3. The van der Waals surface area contributed by atoms with Crippen LogP contribution >= 0.6 is 0 Å². The molecule has 0 unspecified atom stereocenters. The molecule has 0 aliphatic heterocycles. The Labute approximate surface area is 155 Å². The summed E-state index contributed by atoms with van der Waals surface area (Å²) in [4.78, 5) is 4.20. The number of sulfonamides is 1. The van der Waals surface area contributed by atoms with E-state index in [9.17, 15) is 8.42 Å². The summed E-state index contributed by atoms with van der Waals surface area (Å²) < 4.78 is 38.2. The Morgan fingerprint density at radius 3 is 2.31 bits per heavy atom. The van der Waals surface area contributed by atoms with Crippen molar-refractivity contribution < 1.29 is 17.9 Å². The van der Waals surface area contributed by atoms with Crippen LogP contribution in [0, 0.1) is 5.92 Å². The number of benzene rings is 1. The number of pyridine rings is 1. The molecule has 2 rings (SSSR count). The molecular weight excluding hydrogens is 352 g/mol. The van der Waals surface area contributed by atoms with Gasteiger partial charge in [0.15, 0.2) is 0 Å². The fourth-order valence-corrected chi connectivity index (χ4v) is 3.70. The highest BCUT2D eigenvalue weighted by Gasteiger charge is 2.24. The van der Waals surface area contributed by atoms with E-state index in [0.717, 1.165) is 5.56 Å². The van der Waals surface area contributed by atoms with Gasteiger partial charge in [-0.2, -0.15) is 4.31 Å². The number of methoxy groups -OCH3 is 1. The van der Waals surface area contributed by atoms with Crippen molar-refractivity contribution in [3.8, 4) is 5.75 Å². The summed E-state index contributed by atoms with van der Waals surface area (Å²) >= 11 is 0. The maximum atomic E-state index is 13.0. The molecule has 0 N–H and O–H groups in total. The second-order valence-corrected chi connectivity index (χ2v) is 8.30. The van der Waals surface area contributed by atoms with E-state index in [1.54, 1.807) is 55.9 Å². The maximum absolute atomic E-state index is 13.0. The molecule has 0 saturated heterocycles. The molecule has 0 aliphatic rings. The molecule has 0 saturated carbocycles. The van der Waals surface area contributed by atoms with Gasteiger partial charge < -0.3 is 9.47 Å². The molecule has 1 aromatic carbocycles. The molecule has 2 aromatic rings. The summed E-state index contributed by atoms with van der Waals surface area (Å²) in [6.07, 6.45) is 3.30. The largest absolute Gasteiger partial charge is 0.493 e. The first-order valence-corrected chi connectivity index (χ1v) is 9.98. The van der Waals surface area contributed by atoms with Crippen LogP contribution in [-0.4, -0.2) is 44.6 Å². The lowest BCUT2D eigenvalue weighted by Crippen LogP contribution is -2.33. The molecule has 0 atom stereocenters. The van der Waals surface area contributed by atoms with Crippen LogP contribution in [0.25, 0.3) is 0 Å². The summed E-state index contributed by atoms with van der Waals surface area (Å²) in [5.74, 6) is 1.07. The minimum atomic E-state index is -3.64. The van der Waals surface area contributed by atoms with Gasteiger partial charge in [0.05, 0.1) is 18.1 Å². The Kier molecular flexibility index (Phi) is 7.56. The van der Waals surface area contributed by atoms with Gasteiger partial charge in [0.1, 0.15) is 5.75 Å². The van der Waals surface area contributed by atoms with E-state index in [4.69, 9.17) is 9.47 Å². The second kappa shape index (κ2) is 9.66. The van der Waals surface area contributed by atoms with Gasteiger partial charge >= 0.3 is 0 Å². The van der Waals surface area contributed by atoms with E-state index in [1.807, 2.05) is 0 Å². The predicted molar refractivity (Wildman–Crippen MR) is 100 cm³/mol. The fraction of sp³-hybridized carbons (Fsp3) is 0.421. The molecule has 0 fully saturated rings. The molecule has 26 heavy (non-hydrogen) atoms. The van der Waals surface area contributed by atoms with Crippen molar-refractivity contribution in [3.63, 3.8) is 0 Å². The number of hydrogen-bond donors (Lipinski definition) is 0. The van der Waals surface area contributed by atoms with Crippen molar-refractivity contribution in [1.29, 1.82) is 0 Å². The summed E-state index contributed by atoms with van der Waals surface area (Å²) in [6.45, 7) is 5.57. The van der Waals surface area contributed by atoms with Crippen molar-refractivity contribution >= 4 is 10.0 Å².